The molecular weight excluding hydrogens is 697 g/mol. The molecule has 0 radical (unpaired) electrons. The van der Waals surface area contributed by atoms with Crippen LogP contribution in [0.3, 0.4) is 0 Å². The first-order valence-corrected chi connectivity index (χ1v) is 24.9. The summed E-state index contributed by atoms with van der Waals surface area (Å²) in [6, 6.07) is 0. The highest BCUT2D eigenvalue weighted by Crippen LogP contribution is 2.17. The summed E-state index contributed by atoms with van der Waals surface area (Å²) in [5.41, 5.74) is 0. The van der Waals surface area contributed by atoms with E-state index >= 15 is 0 Å². The number of carbonyl (C=O) groups is 3. The Kier molecular flexibility index (Phi) is 43.2. The third kappa shape index (κ3) is 43.5. The van der Waals surface area contributed by atoms with Crippen LogP contribution in [0.4, 0.5) is 0 Å². The lowest BCUT2D eigenvalue weighted by Gasteiger charge is -2.18. The van der Waals surface area contributed by atoms with Gasteiger partial charge in [-0.05, 0) is 25.2 Å². The Labute approximate surface area is 348 Å². The first kappa shape index (κ1) is 54.4. The number of hydrogen-bond donors (Lipinski definition) is 0. The molecule has 0 aromatic carbocycles. The van der Waals surface area contributed by atoms with Crippen LogP contribution in [0.5, 0.6) is 0 Å². The molecule has 1 atom stereocenters. The van der Waals surface area contributed by atoms with Crippen LogP contribution >= 0.6 is 0 Å². The Bertz CT molecular complexity index is 841. The summed E-state index contributed by atoms with van der Waals surface area (Å²) >= 11 is 0. The molecule has 0 N–H and O–H groups in total. The van der Waals surface area contributed by atoms with E-state index in [0.29, 0.717) is 19.3 Å². The van der Waals surface area contributed by atoms with Crippen molar-refractivity contribution in [3.63, 3.8) is 0 Å². The van der Waals surface area contributed by atoms with Gasteiger partial charge in [-0.3, -0.25) is 14.4 Å². The molecule has 0 bridgehead atoms. The minimum Gasteiger partial charge on any atom is -0.462 e. The molecule has 0 spiro atoms. The van der Waals surface area contributed by atoms with E-state index in [2.05, 4.69) is 27.7 Å². The predicted molar refractivity (Wildman–Crippen MR) is 238 cm³/mol. The summed E-state index contributed by atoms with van der Waals surface area (Å²) in [5.74, 6) is -0.0328. The van der Waals surface area contributed by atoms with E-state index in [0.717, 1.165) is 63.7 Å². The largest absolute Gasteiger partial charge is 0.462 e. The average Bonchev–Trinajstić information content (AvgIpc) is 3.18. The molecule has 0 fully saturated rings. The van der Waals surface area contributed by atoms with Crippen molar-refractivity contribution in [1.29, 1.82) is 0 Å². The van der Waals surface area contributed by atoms with Gasteiger partial charge in [0.25, 0.3) is 0 Å². The quantitative estimate of drug-likeness (QED) is 0.0347. The van der Waals surface area contributed by atoms with E-state index in [-0.39, 0.29) is 31.1 Å². The molecule has 0 amide bonds. The van der Waals surface area contributed by atoms with Crippen LogP contribution in [-0.2, 0) is 28.6 Å². The van der Waals surface area contributed by atoms with Crippen molar-refractivity contribution in [1.82, 2.24) is 0 Å². The lowest BCUT2D eigenvalue weighted by molar-refractivity contribution is -0.167. The lowest BCUT2D eigenvalue weighted by Crippen LogP contribution is -2.30. The average molecular weight is 793 g/mol. The Morgan fingerprint density at radius 1 is 0.339 bits per heavy atom. The molecule has 332 valence electrons. The van der Waals surface area contributed by atoms with E-state index in [9.17, 15) is 14.4 Å². The maximum absolute atomic E-state index is 12.7. The molecule has 0 saturated heterocycles. The smallest absolute Gasteiger partial charge is 0.306 e. The van der Waals surface area contributed by atoms with Gasteiger partial charge in [-0.25, -0.2) is 0 Å². The summed E-state index contributed by atoms with van der Waals surface area (Å²) < 4.78 is 16.8. The van der Waals surface area contributed by atoms with Gasteiger partial charge in [-0.1, -0.05) is 240 Å². The number of hydrogen-bond acceptors (Lipinski definition) is 6. The first-order valence-electron chi connectivity index (χ1n) is 24.9. The minimum atomic E-state index is -0.760. The van der Waals surface area contributed by atoms with Gasteiger partial charge in [-0.2, -0.15) is 0 Å². The van der Waals surface area contributed by atoms with Crippen molar-refractivity contribution in [3.05, 3.63) is 0 Å². The second-order valence-electron chi connectivity index (χ2n) is 17.6. The maximum atomic E-state index is 12.7. The fourth-order valence-electron chi connectivity index (χ4n) is 7.51. The second kappa shape index (κ2) is 44.5. The highest BCUT2D eigenvalue weighted by molar-refractivity contribution is 5.71. The fraction of sp³-hybridized carbons (Fsp3) is 0.940. The number of carbonyl (C=O) groups excluding carboxylic acids is 3. The normalized spacial score (nSPS) is 11.9. The van der Waals surface area contributed by atoms with Crippen molar-refractivity contribution in [2.75, 3.05) is 13.2 Å². The van der Waals surface area contributed by atoms with E-state index < -0.39 is 6.10 Å². The van der Waals surface area contributed by atoms with E-state index in [1.807, 2.05) is 0 Å². The molecule has 0 heterocycles. The number of rotatable bonds is 45. The fourth-order valence-corrected chi connectivity index (χ4v) is 7.51. The van der Waals surface area contributed by atoms with E-state index in [4.69, 9.17) is 14.2 Å². The van der Waals surface area contributed by atoms with Crippen molar-refractivity contribution in [2.24, 2.45) is 5.92 Å². The molecule has 0 saturated carbocycles. The molecule has 0 aromatic rings. The molecule has 0 rings (SSSR count). The lowest BCUT2D eigenvalue weighted by atomic mass is 10.0. The van der Waals surface area contributed by atoms with Gasteiger partial charge in [0.05, 0.1) is 0 Å². The summed E-state index contributed by atoms with van der Waals surface area (Å²) in [4.78, 5) is 37.8. The van der Waals surface area contributed by atoms with Crippen LogP contribution in [-0.4, -0.2) is 37.2 Å². The molecule has 0 unspecified atom stereocenters. The first-order chi connectivity index (χ1) is 27.4. The van der Waals surface area contributed by atoms with Gasteiger partial charge in [0.1, 0.15) is 13.2 Å². The van der Waals surface area contributed by atoms with Gasteiger partial charge >= 0.3 is 17.9 Å². The Balaban J connectivity index is 4.29. The Morgan fingerprint density at radius 3 is 0.875 bits per heavy atom. The summed E-state index contributed by atoms with van der Waals surface area (Å²) in [5, 5.41) is 0. The highest BCUT2D eigenvalue weighted by atomic mass is 16.6. The Morgan fingerprint density at radius 2 is 0.589 bits per heavy atom. The van der Waals surface area contributed by atoms with Crippen molar-refractivity contribution in [3.8, 4) is 0 Å². The van der Waals surface area contributed by atoms with Crippen molar-refractivity contribution < 1.29 is 28.6 Å². The van der Waals surface area contributed by atoms with Gasteiger partial charge in [-0.15, -0.1) is 0 Å². The molecule has 0 aliphatic rings. The molecular formula is C50H96O6. The van der Waals surface area contributed by atoms with Crippen LogP contribution in [0, 0.1) is 5.92 Å². The van der Waals surface area contributed by atoms with Crippen molar-refractivity contribution in [2.45, 2.75) is 284 Å². The van der Waals surface area contributed by atoms with E-state index in [1.165, 1.54) is 173 Å². The summed E-state index contributed by atoms with van der Waals surface area (Å²) in [7, 11) is 0. The summed E-state index contributed by atoms with van der Waals surface area (Å²) in [6.07, 6.45) is 45.1. The molecule has 56 heavy (non-hydrogen) atoms. The van der Waals surface area contributed by atoms with Crippen LogP contribution in [0.1, 0.15) is 278 Å². The third-order valence-electron chi connectivity index (χ3n) is 11.3. The van der Waals surface area contributed by atoms with Gasteiger partial charge in [0, 0.05) is 19.3 Å². The molecule has 0 aromatic heterocycles. The molecule has 0 aliphatic carbocycles. The molecule has 0 aliphatic heterocycles. The number of unbranched alkanes of at least 4 members (excludes halogenated alkanes) is 32. The van der Waals surface area contributed by atoms with Crippen LogP contribution in [0.25, 0.3) is 0 Å². The SMILES string of the molecule is CCCCCCCCCCCCCCCCCC(=O)OC[C@@H](COC(=O)CCCCCCCCCCCC)OC(=O)CCCCCCCCCCCCC(C)C. The maximum Gasteiger partial charge on any atom is 0.306 e. The predicted octanol–water partition coefficient (Wildman–Crippen LogP) is 15.9. The van der Waals surface area contributed by atoms with E-state index in [1.54, 1.807) is 0 Å². The van der Waals surface area contributed by atoms with Crippen molar-refractivity contribution >= 4 is 17.9 Å². The molecule has 6 heteroatoms. The molecule has 6 nitrogen and oxygen atoms in total. The monoisotopic (exact) mass is 793 g/mol. The number of ether oxygens (including phenoxy) is 3. The third-order valence-corrected chi connectivity index (χ3v) is 11.3. The zero-order valence-electron chi connectivity index (χ0n) is 38.1. The standard InChI is InChI=1S/C50H96O6/c1-5-7-9-11-13-15-17-18-19-20-21-26-30-34-38-42-49(52)55-45-47(44-54-48(51)41-37-33-29-25-16-14-12-10-8-6-2)56-50(53)43-39-35-31-27-23-22-24-28-32-36-40-46(3)4/h46-47H,5-45H2,1-4H3/t47-/m1/s1. The topological polar surface area (TPSA) is 78.9 Å². The van der Waals surface area contributed by atoms with Crippen LogP contribution in [0.2, 0.25) is 0 Å². The van der Waals surface area contributed by atoms with Gasteiger partial charge in [0.15, 0.2) is 6.10 Å². The zero-order valence-corrected chi connectivity index (χ0v) is 38.1. The number of esters is 3. The second-order valence-corrected chi connectivity index (χ2v) is 17.6. The summed E-state index contributed by atoms with van der Waals surface area (Å²) in [6.45, 7) is 9.00. The van der Waals surface area contributed by atoms with Crippen LogP contribution < -0.4 is 0 Å². The van der Waals surface area contributed by atoms with Crippen LogP contribution in [0.15, 0.2) is 0 Å². The van der Waals surface area contributed by atoms with Gasteiger partial charge < -0.3 is 14.2 Å². The highest BCUT2D eigenvalue weighted by Gasteiger charge is 2.19. The van der Waals surface area contributed by atoms with Gasteiger partial charge in [0.2, 0.25) is 0 Å². The Hall–Kier alpha value is -1.59. The zero-order chi connectivity index (χ0) is 41.0. The minimum absolute atomic E-state index is 0.0632.